The first-order valence-electron chi connectivity index (χ1n) is 8.66. The zero-order valence-corrected chi connectivity index (χ0v) is 14.6. The molecule has 0 aliphatic carbocycles. The van der Waals surface area contributed by atoms with Gasteiger partial charge in [-0.15, -0.1) is 0 Å². The molecule has 1 saturated heterocycles. The van der Waals surface area contributed by atoms with E-state index in [2.05, 4.69) is 35.9 Å². The molecule has 0 radical (unpaired) electrons. The van der Waals surface area contributed by atoms with Crippen LogP contribution in [-0.2, 0) is 0 Å². The van der Waals surface area contributed by atoms with Crippen molar-refractivity contribution in [1.29, 1.82) is 0 Å². The number of anilines is 1. The standard InChI is InChI=1S/C20H26N2O2/c1-14(2)16-7-5-8-17(12-16)24-19-10-11-22(13-18(19)23)20-9-4-6-15(3)21-20/h4-9,12,14,18-19,23H,10-11,13H2,1-3H3/t18-,19-/m1/s1. The minimum absolute atomic E-state index is 0.173. The van der Waals surface area contributed by atoms with E-state index in [9.17, 15) is 5.11 Å². The fraction of sp³-hybridized carbons (Fsp3) is 0.450. The van der Waals surface area contributed by atoms with Crippen LogP contribution in [0.2, 0.25) is 0 Å². The van der Waals surface area contributed by atoms with Crippen LogP contribution in [0.1, 0.15) is 37.4 Å². The van der Waals surface area contributed by atoms with Gasteiger partial charge < -0.3 is 14.7 Å². The molecule has 1 fully saturated rings. The molecule has 2 aromatic rings. The lowest BCUT2D eigenvalue weighted by Gasteiger charge is -2.36. The van der Waals surface area contributed by atoms with Crippen LogP contribution < -0.4 is 9.64 Å². The minimum atomic E-state index is -0.524. The molecule has 1 aromatic carbocycles. The summed E-state index contributed by atoms with van der Waals surface area (Å²) in [7, 11) is 0. The van der Waals surface area contributed by atoms with Crippen LogP contribution in [0.5, 0.6) is 5.75 Å². The summed E-state index contributed by atoms with van der Waals surface area (Å²) in [5.74, 6) is 2.23. The number of β-amino-alcohol motifs (C(OH)–C–C–N with tert-alkyl or cyclic N) is 1. The third-order valence-electron chi connectivity index (χ3n) is 4.53. The molecule has 0 saturated carbocycles. The van der Waals surface area contributed by atoms with Crippen LogP contribution in [0.4, 0.5) is 5.82 Å². The lowest BCUT2D eigenvalue weighted by atomic mass is 10.0. The average Bonchev–Trinajstić information content (AvgIpc) is 2.57. The number of piperidine rings is 1. The smallest absolute Gasteiger partial charge is 0.128 e. The molecular weight excluding hydrogens is 300 g/mol. The normalized spacial score (nSPS) is 21.1. The minimum Gasteiger partial charge on any atom is -0.488 e. The van der Waals surface area contributed by atoms with Gasteiger partial charge in [0.2, 0.25) is 0 Å². The number of ether oxygens (including phenoxy) is 1. The first kappa shape index (κ1) is 16.8. The Kier molecular flexibility index (Phi) is 5.05. The molecule has 3 rings (SSSR count). The van der Waals surface area contributed by atoms with E-state index in [-0.39, 0.29) is 6.10 Å². The van der Waals surface area contributed by atoms with E-state index < -0.39 is 6.10 Å². The third kappa shape index (κ3) is 3.88. The molecule has 1 aliphatic heterocycles. The Morgan fingerprint density at radius 3 is 2.71 bits per heavy atom. The Hall–Kier alpha value is -2.07. The van der Waals surface area contributed by atoms with E-state index in [1.807, 2.05) is 37.3 Å². The fourth-order valence-electron chi connectivity index (χ4n) is 3.08. The second-order valence-electron chi connectivity index (χ2n) is 6.82. The van der Waals surface area contributed by atoms with Crippen LogP contribution in [0.25, 0.3) is 0 Å². The Labute approximate surface area is 144 Å². The highest BCUT2D eigenvalue weighted by molar-refractivity contribution is 5.40. The summed E-state index contributed by atoms with van der Waals surface area (Å²) in [6.45, 7) is 7.70. The van der Waals surface area contributed by atoms with Crippen LogP contribution in [-0.4, -0.2) is 35.4 Å². The molecule has 24 heavy (non-hydrogen) atoms. The van der Waals surface area contributed by atoms with Gasteiger partial charge in [-0.05, 0) is 42.7 Å². The largest absolute Gasteiger partial charge is 0.488 e. The predicted octanol–water partition coefficient (Wildman–Crippen LogP) is 3.53. The van der Waals surface area contributed by atoms with Crippen LogP contribution in [0.3, 0.4) is 0 Å². The highest BCUT2D eigenvalue weighted by Gasteiger charge is 2.30. The van der Waals surface area contributed by atoms with Crippen molar-refractivity contribution in [2.75, 3.05) is 18.0 Å². The number of hydrogen-bond donors (Lipinski definition) is 1. The second kappa shape index (κ2) is 7.22. The van der Waals surface area contributed by atoms with Gasteiger partial charge >= 0.3 is 0 Å². The molecule has 0 spiro atoms. The Morgan fingerprint density at radius 1 is 1.21 bits per heavy atom. The molecule has 1 aliphatic rings. The molecule has 0 bridgehead atoms. The number of rotatable bonds is 4. The van der Waals surface area contributed by atoms with E-state index in [0.29, 0.717) is 12.5 Å². The first-order chi connectivity index (χ1) is 11.5. The van der Waals surface area contributed by atoms with Crippen LogP contribution >= 0.6 is 0 Å². The van der Waals surface area contributed by atoms with Gasteiger partial charge in [0.05, 0.1) is 0 Å². The van der Waals surface area contributed by atoms with Crippen molar-refractivity contribution >= 4 is 5.82 Å². The monoisotopic (exact) mass is 326 g/mol. The summed E-state index contributed by atoms with van der Waals surface area (Å²) in [4.78, 5) is 6.67. The molecule has 4 heteroatoms. The molecule has 128 valence electrons. The van der Waals surface area contributed by atoms with Gasteiger partial charge in [0.15, 0.2) is 0 Å². The number of pyridine rings is 1. The van der Waals surface area contributed by atoms with Gasteiger partial charge in [0, 0.05) is 25.2 Å². The quantitative estimate of drug-likeness (QED) is 0.933. The number of hydrogen-bond acceptors (Lipinski definition) is 4. The van der Waals surface area contributed by atoms with Crippen molar-refractivity contribution < 1.29 is 9.84 Å². The SMILES string of the molecule is Cc1cccc(N2CC[C@@H](Oc3cccc(C(C)C)c3)[C@H](O)C2)n1. The molecule has 0 amide bonds. The fourth-order valence-corrected chi connectivity index (χ4v) is 3.08. The van der Waals surface area contributed by atoms with Crippen LogP contribution in [0, 0.1) is 6.92 Å². The maximum absolute atomic E-state index is 10.5. The van der Waals surface area contributed by atoms with Gasteiger partial charge in [-0.2, -0.15) is 0 Å². The highest BCUT2D eigenvalue weighted by atomic mass is 16.5. The maximum atomic E-state index is 10.5. The van der Waals surface area contributed by atoms with Gasteiger partial charge in [0.1, 0.15) is 23.8 Å². The van der Waals surface area contributed by atoms with Gasteiger partial charge in [-0.3, -0.25) is 0 Å². The molecule has 2 heterocycles. The molecule has 0 unspecified atom stereocenters. The third-order valence-corrected chi connectivity index (χ3v) is 4.53. The Morgan fingerprint density at radius 2 is 2.00 bits per heavy atom. The first-order valence-corrected chi connectivity index (χ1v) is 8.66. The molecule has 1 aromatic heterocycles. The summed E-state index contributed by atoms with van der Waals surface area (Å²) in [6, 6.07) is 14.1. The second-order valence-corrected chi connectivity index (χ2v) is 6.82. The van der Waals surface area contributed by atoms with Crippen molar-refractivity contribution in [1.82, 2.24) is 4.98 Å². The summed E-state index contributed by atoms with van der Waals surface area (Å²) in [5, 5.41) is 10.5. The lowest BCUT2D eigenvalue weighted by Crippen LogP contribution is -2.49. The van der Waals surface area contributed by atoms with Crippen molar-refractivity contribution in [2.45, 2.75) is 45.3 Å². The average molecular weight is 326 g/mol. The van der Waals surface area contributed by atoms with Gasteiger partial charge in [-0.1, -0.05) is 32.0 Å². The molecule has 4 nitrogen and oxygen atoms in total. The van der Waals surface area contributed by atoms with E-state index in [1.165, 1.54) is 5.56 Å². The zero-order valence-electron chi connectivity index (χ0n) is 14.6. The van der Waals surface area contributed by atoms with Crippen LogP contribution in [0.15, 0.2) is 42.5 Å². The number of aryl methyl sites for hydroxylation is 1. The molecule has 1 N–H and O–H groups in total. The number of benzene rings is 1. The number of nitrogens with zero attached hydrogens (tertiary/aromatic N) is 2. The van der Waals surface area contributed by atoms with E-state index in [0.717, 1.165) is 30.2 Å². The topological polar surface area (TPSA) is 45.6 Å². The Bertz CT molecular complexity index is 687. The maximum Gasteiger partial charge on any atom is 0.128 e. The summed E-state index contributed by atoms with van der Waals surface area (Å²) in [6.07, 6.45) is 0.0835. The number of aliphatic hydroxyl groups is 1. The van der Waals surface area contributed by atoms with Crippen molar-refractivity contribution in [2.24, 2.45) is 0 Å². The summed E-state index contributed by atoms with van der Waals surface area (Å²) in [5.41, 5.74) is 2.24. The summed E-state index contributed by atoms with van der Waals surface area (Å²) < 4.78 is 6.07. The van der Waals surface area contributed by atoms with E-state index in [4.69, 9.17) is 4.74 Å². The molecular formula is C20H26N2O2. The van der Waals surface area contributed by atoms with E-state index in [1.54, 1.807) is 0 Å². The highest BCUT2D eigenvalue weighted by Crippen LogP contribution is 2.25. The number of aromatic nitrogens is 1. The van der Waals surface area contributed by atoms with Crippen molar-refractivity contribution in [3.63, 3.8) is 0 Å². The number of aliphatic hydroxyl groups excluding tert-OH is 1. The molecule has 2 atom stereocenters. The Balaban J connectivity index is 1.65. The zero-order chi connectivity index (χ0) is 17.1. The van der Waals surface area contributed by atoms with Crippen molar-refractivity contribution in [3.8, 4) is 5.75 Å². The summed E-state index contributed by atoms with van der Waals surface area (Å²) >= 11 is 0. The lowest BCUT2D eigenvalue weighted by molar-refractivity contribution is 0.0240. The van der Waals surface area contributed by atoms with E-state index >= 15 is 0 Å². The van der Waals surface area contributed by atoms with Crippen molar-refractivity contribution in [3.05, 3.63) is 53.7 Å². The van der Waals surface area contributed by atoms with Gasteiger partial charge in [0.25, 0.3) is 0 Å². The predicted molar refractivity (Wildman–Crippen MR) is 96.8 cm³/mol. The van der Waals surface area contributed by atoms with Gasteiger partial charge in [-0.25, -0.2) is 4.98 Å².